The van der Waals surface area contributed by atoms with Crippen LogP contribution >= 0.6 is 0 Å². The highest BCUT2D eigenvalue weighted by atomic mass is 16.2. The van der Waals surface area contributed by atoms with Gasteiger partial charge in [0, 0.05) is 13.1 Å². The number of nitrogens with zero attached hydrogens (tertiary/aromatic N) is 2. The van der Waals surface area contributed by atoms with Crippen molar-refractivity contribution in [3.05, 3.63) is 0 Å². The Kier molecular flexibility index (Phi) is 3.05. The van der Waals surface area contributed by atoms with Crippen molar-refractivity contribution in [1.82, 2.24) is 15.1 Å². The minimum Gasteiger partial charge on any atom is -0.327 e. The molecule has 1 heterocycles. The molecule has 0 saturated carbocycles. The van der Waals surface area contributed by atoms with Gasteiger partial charge in [0.15, 0.2) is 0 Å². The predicted octanol–water partition coefficient (Wildman–Crippen LogP) is -0.674. The third-order valence-corrected chi connectivity index (χ3v) is 2.09. The highest BCUT2D eigenvalue weighted by Crippen LogP contribution is 2.01. The SMILES string of the molecule is C[C@H]1NCN(CCN(C)C)C1=O. The normalized spacial score (nSPS) is 24.2. The number of carbonyl (C=O) groups excluding carboxylic acids is 1. The van der Waals surface area contributed by atoms with E-state index >= 15 is 0 Å². The van der Waals surface area contributed by atoms with Crippen LogP contribution in [0.15, 0.2) is 0 Å². The monoisotopic (exact) mass is 171 g/mol. The maximum absolute atomic E-state index is 11.4. The van der Waals surface area contributed by atoms with Crippen LogP contribution in [-0.4, -0.2) is 55.6 Å². The summed E-state index contributed by atoms with van der Waals surface area (Å²) < 4.78 is 0. The lowest BCUT2D eigenvalue weighted by molar-refractivity contribution is -0.128. The van der Waals surface area contributed by atoms with Crippen molar-refractivity contribution >= 4 is 5.91 Å². The zero-order chi connectivity index (χ0) is 9.14. The van der Waals surface area contributed by atoms with Gasteiger partial charge in [-0.05, 0) is 21.0 Å². The maximum atomic E-state index is 11.4. The lowest BCUT2D eigenvalue weighted by atomic mass is 10.3. The number of amides is 1. The Bertz CT molecular complexity index is 170. The summed E-state index contributed by atoms with van der Waals surface area (Å²) in [6, 6.07) is 0.00663. The minimum absolute atomic E-state index is 0.00663. The largest absolute Gasteiger partial charge is 0.327 e. The smallest absolute Gasteiger partial charge is 0.240 e. The molecule has 0 spiro atoms. The Morgan fingerprint density at radius 2 is 2.33 bits per heavy atom. The molecular formula is C8H17N3O. The van der Waals surface area contributed by atoms with Crippen LogP contribution in [-0.2, 0) is 4.79 Å². The Morgan fingerprint density at radius 1 is 1.67 bits per heavy atom. The number of rotatable bonds is 3. The van der Waals surface area contributed by atoms with Gasteiger partial charge < -0.3 is 9.80 Å². The van der Waals surface area contributed by atoms with Crippen LogP contribution in [0.25, 0.3) is 0 Å². The fourth-order valence-corrected chi connectivity index (χ4v) is 1.20. The van der Waals surface area contributed by atoms with Gasteiger partial charge in [0.05, 0.1) is 12.7 Å². The van der Waals surface area contributed by atoms with E-state index in [-0.39, 0.29) is 11.9 Å². The molecule has 12 heavy (non-hydrogen) atoms. The van der Waals surface area contributed by atoms with E-state index in [0.29, 0.717) is 6.67 Å². The molecule has 0 bridgehead atoms. The zero-order valence-corrected chi connectivity index (χ0v) is 8.00. The molecule has 1 aliphatic rings. The van der Waals surface area contributed by atoms with Gasteiger partial charge in [-0.25, -0.2) is 0 Å². The molecule has 0 aromatic carbocycles. The number of carbonyl (C=O) groups is 1. The molecule has 1 rings (SSSR count). The highest BCUT2D eigenvalue weighted by Gasteiger charge is 2.26. The van der Waals surface area contributed by atoms with Crippen molar-refractivity contribution in [2.75, 3.05) is 33.9 Å². The topological polar surface area (TPSA) is 35.6 Å². The fourth-order valence-electron chi connectivity index (χ4n) is 1.20. The van der Waals surface area contributed by atoms with Gasteiger partial charge in [-0.3, -0.25) is 10.1 Å². The third kappa shape index (κ3) is 2.19. The summed E-state index contributed by atoms with van der Waals surface area (Å²) in [7, 11) is 4.02. The molecule has 1 N–H and O–H groups in total. The first kappa shape index (κ1) is 9.48. The van der Waals surface area contributed by atoms with E-state index in [0.717, 1.165) is 13.1 Å². The average Bonchev–Trinajstić information content (AvgIpc) is 2.30. The molecule has 1 amide bonds. The van der Waals surface area contributed by atoms with Crippen LogP contribution in [0.4, 0.5) is 0 Å². The van der Waals surface area contributed by atoms with E-state index in [9.17, 15) is 4.79 Å². The van der Waals surface area contributed by atoms with Gasteiger partial charge >= 0.3 is 0 Å². The summed E-state index contributed by atoms with van der Waals surface area (Å²) in [5, 5.41) is 3.10. The van der Waals surface area contributed by atoms with E-state index < -0.39 is 0 Å². The molecule has 1 atom stereocenters. The molecule has 0 aromatic heterocycles. The summed E-state index contributed by atoms with van der Waals surface area (Å²) in [5.41, 5.74) is 0. The van der Waals surface area contributed by atoms with Crippen LogP contribution in [0.2, 0.25) is 0 Å². The molecule has 0 aromatic rings. The van der Waals surface area contributed by atoms with Crippen LogP contribution in [0, 0.1) is 0 Å². The highest BCUT2D eigenvalue weighted by molar-refractivity contribution is 5.83. The zero-order valence-electron chi connectivity index (χ0n) is 8.00. The summed E-state index contributed by atoms with van der Waals surface area (Å²) >= 11 is 0. The molecule has 70 valence electrons. The van der Waals surface area contributed by atoms with Crippen LogP contribution in [0.3, 0.4) is 0 Å². The standard InChI is InChI=1S/C8H17N3O/c1-7-8(12)11(6-9-7)5-4-10(2)3/h7,9H,4-6H2,1-3H3/t7-/m1/s1. The fraction of sp³-hybridized carbons (Fsp3) is 0.875. The molecule has 1 fully saturated rings. The second-order valence-corrected chi connectivity index (χ2v) is 3.49. The lowest BCUT2D eigenvalue weighted by Crippen LogP contribution is -2.34. The molecule has 1 saturated heterocycles. The van der Waals surface area contributed by atoms with Crippen molar-refractivity contribution in [2.24, 2.45) is 0 Å². The van der Waals surface area contributed by atoms with Crippen LogP contribution < -0.4 is 5.32 Å². The molecule has 0 unspecified atom stereocenters. The molecular weight excluding hydrogens is 154 g/mol. The number of hydrogen-bond acceptors (Lipinski definition) is 3. The first-order valence-corrected chi connectivity index (χ1v) is 4.28. The predicted molar refractivity (Wildman–Crippen MR) is 47.7 cm³/mol. The van der Waals surface area contributed by atoms with Gasteiger partial charge in [-0.1, -0.05) is 0 Å². The van der Waals surface area contributed by atoms with E-state index in [2.05, 4.69) is 10.2 Å². The van der Waals surface area contributed by atoms with Gasteiger partial charge in [-0.15, -0.1) is 0 Å². The van der Waals surface area contributed by atoms with E-state index in [1.807, 2.05) is 25.9 Å². The Morgan fingerprint density at radius 3 is 2.75 bits per heavy atom. The Balaban J connectivity index is 2.30. The molecule has 4 nitrogen and oxygen atoms in total. The van der Waals surface area contributed by atoms with Crippen LogP contribution in [0.5, 0.6) is 0 Å². The van der Waals surface area contributed by atoms with Crippen molar-refractivity contribution in [3.8, 4) is 0 Å². The van der Waals surface area contributed by atoms with Crippen molar-refractivity contribution in [1.29, 1.82) is 0 Å². The molecule has 0 radical (unpaired) electrons. The molecule has 1 aliphatic heterocycles. The first-order chi connectivity index (χ1) is 5.61. The lowest BCUT2D eigenvalue weighted by Gasteiger charge is -2.17. The third-order valence-electron chi connectivity index (χ3n) is 2.09. The Labute approximate surface area is 73.5 Å². The van der Waals surface area contributed by atoms with Crippen molar-refractivity contribution < 1.29 is 4.79 Å². The van der Waals surface area contributed by atoms with Gasteiger partial charge in [0.1, 0.15) is 0 Å². The summed E-state index contributed by atoms with van der Waals surface area (Å²) in [6.07, 6.45) is 0. The summed E-state index contributed by atoms with van der Waals surface area (Å²) in [4.78, 5) is 15.3. The first-order valence-electron chi connectivity index (χ1n) is 4.28. The van der Waals surface area contributed by atoms with E-state index in [1.54, 1.807) is 0 Å². The maximum Gasteiger partial charge on any atom is 0.240 e. The second-order valence-electron chi connectivity index (χ2n) is 3.49. The van der Waals surface area contributed by atoms with E-state index in [1.165, 1.54) is 0 Å². The van der Waals surface area contributed by atoms with Gasteiger partial charge in [0.2, 0.25) is 5.91 Å². The van der Waals surface area contributed by atoms with Gasteiger partial charge in [0.25, 0.3) is 0 Å². The number of nitrogens with one attached hydrogen (secondary N) is 1. The number of likely N-dealkylation sites (N-methyl/N-ethyl adjacent to an activating group) is 1. The van der Waals surface area contributed by atoms with Crippen LogP contribution in [0.1, 0.15) is 6.92 Å². The number of hydrogen-bond donors (Lipinski definition) is 1. The second kappa shape index (κ2) is 3.87. The van der Waals surface area contributed by atoms with E-state index in [4.69, 9.17) is 0 Å². The summed E-state index contributed by atoms with van der Waals surface area (Å²) in [5.74, 6) is 0.219. The minimum atomic E-state index is 0.00663. The van der Waals surface area contributed by atoms with Crippen molar-refractivity contribution in [2.45, 2.75) is 13.0 Å². The van der Waals surface area contributed by atoms with Gasteiger partial charge in [-0.2, -0.15) is 0 Å². The summed E-state index contributed by atoms with van der Waals surface area (Å²) in [6.45, 7) is 4.36. The average molecular weight is 171 g/mol. The Hall–Kier alpha value is -0.610. The van der Waals surface area contributed by atoms with Crippen molar-refractivity contribution in [3.63, 3.8) is 0 Å². The quantitative estimate of drug-likeness (QED) is 0.611. The molecule has 0 aliphatic carbocycles. The molecule has 4 heteroatoms.